The SMILES string of the molecule is CN1CCC(NC(=O)N2CCC(O)CC2)CC1. The Balaban J connectivity index is 1.73. The summed E-state index contributed by atoms with van der Waals surface area (Å²) in [4.78, 5) is 16.1. The van der Waals surface area contributed by atoms with Gasteiger partial charge in [-0.1, -0.05) is 0 Å². The van der Waals surface area contributed by atoms with E-state index in [2.05, 4.69) is 17.3 Å². The second-order valence-electron chi connectivity index (χ2n) is 5.25. The van der Waals surface area contributed by atoms with E-state index in [4.69, 9.17) is 0 Å². The summed E-state index contributed by atoms with van der Waals surface area (Å²) in [5.74, 6) is 0. The molecular formula is C12H23N3O2. The summed E-state index contributed by atoms with van der Waals surface area (Å²) < 4.78 is 0. The third kappa shape index (κ3) is 3.57. The minimum absolute atomic E-state index is 0.0476. The van der Waals surface area contributed by atoms with Crippen LogP contribution in [0.3, 0.4) is 0 Å². The van der Waals surface area contributed by atoms with Crippen molar-refractivity contribution in [3.63, 3.8) is 0 Å². The minimum atomic E-state index is -0.220. The van der Waals surface area contributed by atoms with E-state index in [1.807, 2.05) is 4.90 Å². The van der Waals surface area contributed by atoms with Crippen LogP contribution in [0.5, 0.6) is 0 Å². The number of nitrogens with one attached hydrogen (secondary N) is 1. The average Bonchev–Trinajstić information content (AvgIpc) is 2.33. The fourth-order valence-electron chi connectivity index (χ4n) is 2.49. The average molecular weight is 241 g/mol. The molecule has 2 fully saturated rings. The van der Waals surface area contributed by atoms with Crippen LogP contribution in [-0.4, -0.2) is 66.3 Å². The zero-order chi connectivity index (χ0) is 12.3. The van der Waals surface area contributed by atoms with Crippen LogP contribution in [0.2, 0.25) is 0 Å². The maximum absolute atomic E-state index is 12.0. The number of piperidine rings is 2. The van der Waals surface area contributed by atoms with Crippen LogP contribution in [0, 0.1) is 0 Å². The van der Waals surface area contributed by atoms with Crippen LogP contribution < -0.4 is 5.32 Å². The van der Waals surface area contributed by atoms with E-state index in [1.165, 1.54) is 0 Å². The first-order valence-electron chi connectivity index (χ1n) is 6.57. The molecule has 17 heavy (non-hydrogen) atoms. The molecule has 5 heteroatoms. The molecule has 2 saturated heterocycles. The first kappa shape index (κ1) is 12.6. The molecule has 0 aliphatic carbocycles. The van der Waals surface area contributed by atoms with Gasteiger partial charge < -0.3 is 20.2 Å². The number of aliphatic hydroxyl groups is 1. The Morgan fingerprint density at radius 1 is 1.12 bits per heavy atom. The largest absolute Gasteiger partial charge is 0.393 e. The Kier molecular flexibility index (Phi) is 4.23. The Labute approximate surface area is 103 Å². The smallest absolute Gasteiger partial charge is 0.317 e. The van der Waals surface area contributed by atoms with Gasteiger partial charge in [-0.3, -0.25) is 0 Å². The van der Waals surface area contributed by atoms with E-state index in [0.717, 1.165) is 25.9 Å². The summed E-state index contributed by atoms with van der Waals surface area (Å²) >= 11 is 0. The number of hydrogen-bond acceptors (Lipinski definition) is 3. The number of urea groups is 1. The molecule has 2 heterocycles. The van der Waals surface area contributed by atoms with Gasteiger partial charge in [0, 0.05) is 19.1 Å². The van der Waals surface area contributed by atoms with E-state index in [-0.39, 0.29) is 12.1 Å². The van der Waals surface area contributed by atoms with Gasteiger partial charge in [0.25, 0.3) is 0 Å². The van der Waals surface area contributed by atoms with Crippen LogP contribution >= 0.6 is 0 Å². The van der Waals surface area contributed by atoms with Gasteiger partial charge in [0.2, 0.25) is 0 Å². The molecule has 2 aliphatic heterocycles. The van der Waals surface area contributed by atoms with E-state index in [1.54, 1.807) is 0 Å². The lowest BCUT2D eigenvalue weighted by Crippen LogP contribution is -2.51. The summed E-state index contributed by atoms with van der Waals surface area (Å²) in [6.45, 7) is 3.48. The second-order valence-corrected chi connectivity index (χ2v) is 5.25. The molecule has 2 rings (SSSR count). The molecule has 0 aromatic heterocycles. The van der Waals surface area contributed by atoms with Crippen molar-refractivity contribution < 1.29 is 9.90 Å². The zero-order valence-corrected chi connectivity index (χ0v) is 10.6. The Hall–Kier alpha value is -0.810. The molecule has 0 bridgehead atoms. The number of carbonyl (C=O) groups is 1. The van der Waals surface area contributed by atoms with E-state index in [9.17, 15) is 9.90 Å². The maximum Gasteiger partial charge on any atom is 0.317 e. The molecule has 0 spiro atoms. The number of aliphatic hydroxyl groups excluding tert-OH is 1. The molecule has 2 amide bonds. The summed E-state index contributed by atoms with van der Waals surface area (Å²) in [5, 5.41) is 12.5. The molecule has 2 N–H and O–H groups in total. The van der Waals surface area contributed by atoms with Crippen molar-refractivity contribution in [3.8, 4) is 0 Å². The van der Waals surface area contributed by atoms with Crippen molar-refractivity contribution in [3.05, 3.63) is 0 Å². The monoisotopic (exact) mass is 241 g/mol. The minimum Gasteiger partial charge on any atom is -0.393 e. The first-order chi connectivity index (χ1) is 8.15. The lowest BCUT2D eigenvalue weighted by Gasteiger charge is -2.34. The number of hydrogen-bond donors (Lipinski definition) is 2. The molecule has 98 valence electrons. The summed E-state index contributed by atoms with van der Waals surface area (Å²) in [5.41, 5.74) is 0. The van der Waals surface area contributed by atoms with Crippen LogP contribution in [-0.2, 0) is 0 Å². The van der Waals surface area contributed by atoms with Crippen LogP contribution in [0.4, 0.5) is 4.79 Å². The van der Waals surface area contributed by atoms with Crippen molar-refractivity contribution in [2.45, 2.75) is 37.8 Å². The lowest BCUT2D eigenvalue weighted by molar-refractivity contribution is 0.0917. The Morgan fingerprint density at radius 2 is 1.71 bits per heavy atom. The van der Waals surface area contributed by atoms with Gasteiger partial charge in [0.15, 0.2) is 0 Å². The summed E-state index contributed by atoms with van der Waals surface area (Å²) in [6.07, 6.45) is 3.28. The number of nitrogens with zero attached hydrogens (tertiary/aromatic N) is 2. The van der Waals surface area contributed by atoms with Crippen molar-refractivity contribution in [1.82, 2.24) is 15.1 Å². The number of rotatable bonds is 1. The third-order valence-electron chi connectivity index (χ3n) is 3.80. The van der Waals surface area contributed by atoms with Crippen molar-refractivity contribution >= 4 is 6.03 Å². The zero-order valence-electron chi connectivity index (χ0n) is 10.6. The fraction of sp³-hybridized carbons (Fsp3) is 0.917. The van der Waals surface area contributed by atoms with Gasteiger partial charge in [-0.15, -0.1) is 0 Å². The predicted molar refractivity (Wildman–Crippen MR) is 65.9 cm³/mol. The van der Waals surface area contributed by atoms with Crippen LogP contribution in [0.15, 0.2) is 0 Å². The predicted octanol–water partition coefficient (Wildman–Crippen LogP) is 0.247. The number of likely N-dealkylation sites (tertiary alicyclic amines) is 2. The number of amides is 2. The van der Waals surface area contributed by atoms with Crippen LogP contribution in [0.25, 0.3) is 0 Å². The summed E-state index contributed by atoms with van der Waals surface area (Å²) in [7, 11) is 2.12. The van der Waals surface area contributed by atoms with Gasteiger partial charge in [0.05, 0.1) is 6.10 Å². The highest BCUT2D eigenvalue weighted by Gasteiger charge is 2.24. The van der Waals surface area contributed by atoms with Crippen molar-refractivity contribution in [1.29, 1.82) is 0 Å². The third-order valence-corrected chi connectivity index (χ3v) is 3.80. The van der Waals surface area contributed by atoms with E-state index < -0.39 is 0 Å². The lowest BCUT2D eigenvalue weighted by atomic mass is 10.1. The molecule has 0 radical (unpaired) electrons. The highest BCUT2D eigenvalue weighted by Crippen LogP contribution is 2.12. The molecule has 0 saturated carbocycles. The topological polar surface area (TPSA) is 55.8 Å². The standard InChI is InChI=1S/C12H23N3O2/c1-14-6-2-10(3-7-14)13-12(17)15-8-4-11(16)5-9-15/h10-11,16H,2-9H2,1H3,(H,13,17). The van der Waals surface area contributed by atoms with Gasteiger partial charge in [-0.05, 0) is 45.8 Å². The number of carbonyl (C=O) groups excluding carboxylic acids is 1. The van der Waals surface area contributed by atoms with Gasteiger partial charge >= 0.3 is 6.03 Å². The maximum atomic E-state index is 12.0. The molecular weight excluding hydrogens is 218 g/mol. The van der Waals surface area contributed by atoms with Gasteiger partial charge in [-0.2, -0.15) is 0 Å². The van der Waals surface area contributed by atoms with E-state index >= 15 is 0 Å². The molecule has 0 unspecified atom stereocenters. The van der Waals surface area contributed by atoms with Crippen molar-refractivity contribution in [2.24, 2.45) is 0 Å². The highest BCUT2D eigenvalue weighted by molar-refractivity contribution is 5.74. The molecule has 2 aliphatic rings. The van der Waals surface area contributed by atoms with Gasteiger partial charge in [-0.25, -0.2) is 4.79 Å². The molecule has 5 nitrogen and oxygen atoms in total. The summed E-state index contributed by atoms with van der Waals surface area (Å²) in [6, 6.07) is 0.372. The van der Waals surface area contributed by atoms with E-state index in [0.29, 0.717) is 32.0 Å². The quantitative estimate of drug-likeness (QED) is 0.692. The Bertz CT molecular complexity index is 256. The first-order valence-corrected chi connectivity index (χ1v) is 6.57. The normalized spacial score (nSPS) is 24.9. The van der Waals surface area contributed by atoms with Gasteiger partial charge in [0.1, 0.15) is 0 Å². The van der Waals surface area contributed by atoms with Crippen LogP contribution in [0.1, 0.15) is 25.7 Å². The molecule has 0 atom stereocenters. The fourth-order valence-corrected chi connectivity index (χ4v) is 2.49. The second kappa shape index (κ2) is 5.69. The Morgan fingerprint density at radius 3 is 2.29 bits per heavy atom. The molecule has 0 aromatic carbocycles. The molecule has 0 aromatic rings. The highest BCUT2D eigenvalue weighted by atomic mass is 16.3. The van der Waals surface area contributed by atoms with Crippen molar-refractivity contribution in [2.75, 3.05) is 33.2 Å².